The first kappa shape index (κ1) is 14.5. The molecule has 1 unspecified atom stereocenters. The topological polar surface area (TPSA) is 55.3 Å². The highest BCUT2D eigenvalue weighted by Crippen LogP contribution is 2.21. The summed E-state index contributed by atoms with van der Waals surface area (Å²) >= 11 is 0. The molecule has 0 saturated carbocycles. The van der Waals surface area contributed by atoms with Crippen molar-refractivity contribution in [2.45, 2.75) is 39.3 Å². The minimum absolute atomic E-state index is 0. The molecule has 0 bridgehead atoms. The van der Waals surface area contributed by atoms with Gasteiger partial charge in [-0.2, -0.15) is 0 Å². The van der Waals surface area contributed by atoms with E-state index in [-0.39, 0.29) is 12.4 Å². The Morgan fingerprint density at radius 2 is 2.18 bits per heavy atom. The highest BCUT2D eigenvalue weighted by Gasteiger charge is 2.22. The normalized spacial score (nSPS) is 19.9. The van der Waals surface area contributed by atoms with Gasteiger partial charge in [-0.1, -0.05) is 5.16 Å². The van der Waals surface area contributed by atoms with Crippen LogP contribution < -0.4 is 5.73 Å². The van der Waals surface area contributed by atoms with Crippen molar-refractivity contribution < 1.29 is 4.52 Å². The Kier molecular flexibility index (Phi) is 5.43. The van der Waals surface area contributed by atoms with Crippen molar-refractivity contribution in [1.82, 2.24) is 10.1 Å². The highest BCUT2D eigenvalue weighted by atomic mass is 35.5. The van der Waals surface area contributed by atoms with Gasteiger partial charge in [0.05, 0.1) is 12.2 Å². The Morgan fingerprint density at radius 1 is 1.53 bits per heavy atom. The summed E-state index contributed by atoms with van der Waals surface area (Å²) in [6.07, 6.45) is 2.40. The van der Waals surface area contributed by atoms with E-state index in [1.807, 2.05) is 13.0 Å². The Balaban J connectivity index is 0.00000144. The molecule has 1 saturated heterocycles. The van der Waals surface area contributed by atoms with Gasteiger partial charge in [-0.05, 0) is 45.7 Å². The third-order valence-corrected chi connectivity index (χ3v) is 3.43. The van der Waals surface area contributed by atoms with Crippen LogP contribution in [0.15, 0.2) is 10.6 Å². The monoisotopic (exact) mass is 259 g/mol. The average molecular weight is 260 g/mol. The summed E-state index contributed by atoms with van der Waals surface area (Å²) < 4.78 is 5.22. The van der Waals surface area contributed by atoms with E-state index >= 15 is 0 Å². The maximum absolute atomic E-state index is 5.92. The fraction of sp³-hybridized carbons (Fsp3) is 0.750. The first-order chi connectivity index (χ1) is 7.65. The second-order valence-corrected chi connectivity index (χ2v) is 4.91. The smallest absolute Gasteiger partial charge is 0.150 e. The van der Waals surface area contributed by atoms with Crippen LogP contribution >= 0.6 is 12.4 Å². The van der Waals surface area contributed by atoms with Crippen LogP contribution in [0, 0.1) is 12.8 Å². The fourth-order valence-electron chi connectivity index (χ4n) is 2.35. The predicted octanol–water partition coefficient (Wildman–Crippen LogP) is 1.96. The summed E-state index contributed by atoms with van der Waals surface area (Å²) in [4.78, 5) is 2.42. The molecule has 1 aliphatic rings. The molecular weight excluding hydrogens is 238 g/mol. The van der Waals surface area contributed by atoms with Crippen LogP contribution in [0.5, 0.6) is 0 Å². The number of rotatable bonds is 3. The Labute approximate surface area is 109 Å². The van der Waals surface area contributed by atoms with E-state index in [0.717, 1.165) is 31.1 Å². The molecular formula is C12H22ClN3O. The third kappa shape index (κ3) is 3.98. The number of aryl methyl sites for hydroxylation is 1. The summed E-state index contributed by atoms with van der Waals surface area (Å²) in [5.74, 6) is 1.66. The van der Waals surface area contributed by atoms with Crippen LogP contribution in [0.3, 0.4) is 0 Å². The molecule has 2 rings (SSSR count). The van der Waals surface area contributed by atoms with Crippen molar-refractivity contribution in [2.75, 3.05) is 13.1 Å². The minimum atomic E-state index is 0. The molecule has 1 atom stereocenters. The molecule has 5 heteroatoms. The van der Waals surface area contributed by atoms with Gasteiger partial charge in [-0.25, -0.2) is 0 Å². The van der Waals surface area contributed by atoms with E-state index in [9.17, 15) is 0 Å². The van der Waals surface area contributed by atoms with Crippen LogP contribution in [0.2, 0.25) is 0 Å². The van der Waals surface area contributed by atoms with Crippen molar-refractivity contribution in [2.24, 2.45) is 11.7 Å². The van der Waals surface area contributed by atoms with Crippen molar-refractivity contribution in [1.29, 1.82) is 0 Å². The maximum atomic E-state index is 5.92. The molecule has 0 amide bonds. The van der Waals surface area contributed by atoms with E-state index in [4.69, 9.17) is 10.3 Å². The van der Waals surface area contributed by atoms with Crippen LogP contribution in [0.4, 0.5) is 0 Å². The molecule has 1 aliphatic heterocycles. The summed E-state index contributed by atoms with van der Waals surface area (Å²) in [5, 5.41) is 3.90. The molecule has 2 heterocycles. The number of hydrogen-bond donors (Lipinski definition) is 1. The lowest BCUT2D eigenvalue weighted by Crippen LogP contribution is -2.39. The second kappa shape index (κ2) is 6.38. The highest BCUT2D eigenvalue weighted by molar-refractivity contribution is 5.85. The van der Waals surface area contributed by atoms with E-state index in [0.29, 0.717) is 12.0 Å². The summed E-state index contributed by atoms with van der Waals surface area (Å²) in [6, 6.07) is 2.34. The molecule has 1 aromatic rings. The zero-order valence-corrected chi connectivity index (χ0v) is 11.4. The van der Waals surface area contributed by atoms with Gasteiger partial charge < -0.3 is 10.3 Å². The van der Waals surface area contributed by atoms with Crippen molar-refractivity contribution in [3.63, 3.8) is 0 Å². The molecule has 17 heavy (non-hydrogen) atoms. The SMILES string of the molecule is Cc1cc(CN2CCC(C(C)N)CC2)on1.Cl. The molecule has 1 aromatic heterocycles. The van der Waals surface area contributed by atoms with Gasteiger partial charge >= 0.3 is 0 Å². The van der Waals surface area contributed by atoms with Crippen LogP contribution in [0.1, 0.15) is 31.2 Å². The number of nitrogens with zero attached hydrogens (tertiary/aromatic N) is 2. The second-order valence-electron chi connectivity index (χ2n) is 4.91. The number of aromatic nitrogens is 1. The largest absolute Gasteiger partial charge is 0.360 e. The van der Waals surface area contributed by atoms with Crippen LogP contribution in [-0.4, -0.2) is 29.2 Å². The molecule has 0 radical (unpaired) electrons. The molecule has 0 aromatic carbocycles. The van der Waals surface area contributed by atoms with E-state index in [1.54, 1.807) is 0 Å². The summed E-state index contributed by atoms with van der Waals surface area (Å²) in [6.45, 7) is 7.18. The van der Waals surface area contributed by atoms with Crippen LogP contribution in [-0.2, 0) is 6.54 Å². The van der Waals surface area contributed by atoms with Crippen molar-refractivity contribution >= 4 is 12.4 Å². The van der Waals surface area contributed by atoms with Gasteiger partial charge in [0.25, 0.3) is 0 Å². The van der Waals surface area contributed by atoms with Crippen molar-refractivity contribution in [3.05, 3.63) is 17.5 Å². The zero-order valence-electron chi connectivity index (χ0n) is 10.6. The number of likely N-dealkylation sites (tertiary alicyclic amines) is 1. The van der Waals surface area contributed by atoms with Gasteiger partial charge in [0.1, 0.15) is 0 Å². The van der Waals surface area contributed by atoms with Crippen molar-refractivity contribution in [3.8, 4) is 0 Å². The average Bonchev–Trinajstić information content (AvgIpc) is 2.65. The molecule has 0 aliphatic carbocycles. The standard InChI is InChI=1S/C12H21N3O.ClH/c1-9-7-12(16-14-9)8-15-5-3-11(4-6-15)10(2)13;/h7,10-11H,3-6,8,13H2,1-2H3;1H. The molecule has 0 spiro atoms. The summed E-state index contributed by atoms with van der Waals surface area (Å²) in [7, 11) is 0. The molecule has 98 valence electrons. The number of piperidine rings is 1. The number of nitrogens with two attached hydrogens (primary N) is 1. The first-order valence-corrected chi connectivity index (χ1v) is 6.05. The van der Waals surface area contributed by atoms with Gasteiger partial charge in [0, 0.05) is 12.1 Å². The zero-order chi connectivity index (χ0) is 11.5. The van der Waals surface area contributed by atoms with Gasteiger partial charge in [0.15, 0.2) is 5.76 Å². The van der Waals surface area contributed by atoms with Gasteiger partial charge in [0.2, 0.25) is 0 Å². The lowest BCUT2D eigenvalue weighted by Gasteiger charge is -2.32. The predicted molar refractivity (Wildman–Crippen MR) is 70.1 cm³/mol. The van der Waals surface area contributed by atoms with Gasteiger partial charge in [-0.3, -0.25) is 4.90 Å². The van der Waals surface area contributed by atoms with E-state index in [1.165, 1.54) is 12.8 Å². The number of hydrogen-bond acceptors (Lipinski definition) is 4. The lowest BCUT2D eigenvalue weighted by atomic mass is 9.91. The molecule has 4 nitrogen and oxygen atoms in total. The van der Waals surface area contributed by atoms with Gasteiger partial charge in [-0.15, -0.1) is 12.4 Å². The quantitative estimate of drug-likeness (QED) is 0.902. The number of halogens is 1. The Morgan fingerprint density at radius 3 is 2.65 bits per heavy atom. The Bertz CT molecular complexity index is 332. The maximum Gasteiger partial charge on any atom is 0.150 e. The first-order valence-electron chi connectivity index (χ1n) is 6.05. The van der Waals surface area contributed by atoms with Crippen LogP contribution in [0.25, 0.3) is 0 Å². The summed E-state index contributed by atoms with van der Waals surface area (Å²) in [5.41, 5.74) is 6.88. The molecule has 1 fully saturated rings. The van der Waals surface area contributed by atoms with E-state index in [2.05, 4.69) is 17.0 Å². The minimum Gasteiger partial charge on any atom is -0.360 e. The molecule has 2 N–H and O–H groups in total. The lowest BCUT2D eigenvalue weighted by molar-refractivity contribution is 0.152. The van der Waals surface area contributed by atoms with E-state index < -0.39 is 0 Å². The fourth-order valence-corrected chi connectivity index (χ4v) is 2.35. The Hall–Kier alpha value is -0.580. The third-order valence-electron chi connectivity index (χ3n) is 3.43.